The van der Waals surface area contributed by atoms with Crippen LogP contribution in [0.3, 0.4) is 0 Å². The lowest BCUT2D eigenvalue weighted by atomic mass is 10.2. The van der Waals surface area contributed by atoms with Gasteiger partial charge in [-0.2, -0.15) is 0 Å². The second kappa shape index (κ2) is 11.8. The average Bonchev–Trinajstić information content (AvgIpc) is 2.74. The summed E-state index contributed by atoms with van der Waals surface area (Å²) in [7, 11) is -3.41. The number of nitrogens with one attached hydrogen (secondary N) is 1. The molecule has 1 unspecified atom stereocenters. The molecule has 0 aliphatic carbocycles. The Bertz CT molecular complexity index is 810. The van der Waals surface area contributed by atoms with Crippen LogP contribution in [0.15, 0.2) is 60.7 Å². The van der Waals surface area contributed by atoms with E-state index < -0.39 is 35.2 Å². The summed E-state index contributed by atoms with van der Waals surface area (Å²) in [6.45, 7) is 5.57. The van der Waals surface area contributed by atoms with Gasteiger partial charge < -0.3 is 14.2 Å². The van der Waals surface area contributed by atoms with Crippen molar-refractivity contribution >= 4 is 24.7 Å². The van der Waals surface area contributed by atoms with E-state index in [0.29, 0.717) is 6.42 Å². The normalized spacial score (nSPS) is 15.7. The van der Waals surface area contributed by atoms with Crippen LogP contribution in [0, 0.1) is 0 Å². The van der Waals surface area contributed by atoms with E-state index in [9.17, 15) is 19.0 Å². The van der Waals surface area contributed by atoms with Gasteiger partial charge in [0.2, 0.25) is 7.37 Å². The number of carboxylic acid groups (broad SMARTS) is 1. The van der Waals surface area contributed by atoms with Crippen LogP contribution < -0.4 is 4.72 Å². The Morgan fingerprint density at radius 2 is 1.65 bits per heavy atom. The lowest BCUT2D eigenvalue weighted by Gasteiger charge is -2.32. The highest BCUT2D eigenvalue weighted by Gasteiger charge is 2.40. The number of hydrogen-bond acceptors (Lipinski definition) is 5. The summed E-state index contributed by atoms with van der Waals surface area (Å²) in [6.07, 6.45) is 0.615. The van der Waals surface area contributed by atoms with Crippen molar-refractivity contribution in [2.75, 3.05) is 6.16 Å². The smallest absolute Gasteiger partial charge is 0.303 e. The highest BCUT2D eigenvalue weighted by atomic mass is 32.2. The Morgan fingerprint density at radius 1 is 1.10 bits per heavy atom. The second-order valence-electron chi connectivity index (χ2n) is 8.39. The molecule has 0 aromatic heterocycles. The molecule has 8 heteroatoms. The van der Waals surface area contributed by atoms with Crippen LogP contribution in [-0.4, -0.2) is 32.3 Å². The largest absolute Gasteiger partial charge is 0.598 e. The van der Waals surface area contributed by atoms with E-state index in [1.165, 1.54) is 0 Å². The summed E-state index contributed by atoms with van der Waals surface area (Å²) >= 11 is -1.52. The van der Waals surface area contributed by atoms with Crippen LogP contribution in [0.1, 0.15) is 44.7 Å². The summed E-state index contributed by atoms with van der Waals surface area (Å²) in [4.78, 5) is 11.2. The summed E-state index contributed by atoms with van der Waals surface area (Å²) in [6, 6.07) is 19.1. The van der Waals surface area contributed by atoms with Gasteiger partial charge in [0.05, 0.1) is 6.61 Å². The monoisotopic (exact) mass is 465 g/mol. The molecule has 0 fully saturated rings. The summed E-state index contributed by atoms with van der Waals surface area (Å²) < 4.78 is 35.3. The van der Waals surface area contributed by atoms with Crippen molar-refractivity contribution < 1.29 is 23.5 Å². The first-order chi connectivity index (χ1) is 14.6. The molecule has 0 saturated carbocycles. The molecular weight excluding hydrogens is 433 g/mol. The quantitative estimate of drug-likeness (QED) is 0.339. The Balaban J connectivity index is 2.27. The number of aliphatic carboxylic acids is 1. The molecule has 31 heavy (non-hydrogen) atoms. The van der Waals surface area contributed by atoms with Crippen molar-refractivity contribution in [1.29, 1.82) is 0 Å². The molecule has 0 heterocycles. The maximum atomic E-state index is 14.1. The number of rotatable bonds is 12. The highest BCUT2D eigenvalue weighted by molar-refractivity contribution is 7.91. The number of carbonyl (C=O) groups is 1. The zero-order chi connectivity index (χ0) is 22.9. The number of carboxylic acids is 1. The molecule has 2 rings (SSSR count). The van der Waals surface area contributed by atoms with E-state index in [4.69, 9.17) is 4.52 Å². The molecule has 2 aromatic carbocycles. The molecular formula is C23H32NO5PS. The molecule has 0 bridgehead atoms. The topological polar surface area (TPSA) is 98.7 Å². The minimum Gasteiger partial charge on any atom is -0.598 e. The third kappa shape index (κ3) is 8.79. The van der Waals surface area contributed by atoms with E-state index in [1.807, 2.05) is 81.4 Å². The Kier molecular flexibility index (Phi) is 9.79. The molecule has 0 aliphatic rings. The van der Waals surface area contributed by atoms with Gasteiger partial charge in [-0.05, 0) is 44.7 Å². The maximum Gasteiger partial charge on any atom is 0.303 e. The van der Waals surface area contributed by atoms with Crippen LogP contribution in [0.5, 0.6) is 0 Å². The fourth-order valence-corrected chi connectivity index (χ4v) is 6.62. The summed E-state index contributed by atoms with van der Waals surface area (Å²) in [5.41, 5.74) is 1.89. The van der Waals surface area contributed by atoms with Crippen molar-refractivity contribution in [3.8, 4) is 0 Å². The maximum absolute atomic E-state index is 14.1. The Morgan fingerprint density at radius 3 is 2.16 bits per heavy atom. The number of hydrogen-bond donors (Lipinski definition) is 2. The zero-order valence-corrected chi connectivity index (χ0v) is 20.0. The number of aryl methyl sites for hydroxylation is 1. The van der Waals surface area contributed by atoms with E-state index in [2.05, 4.69) is 4.72 Å². The van der Waals surface area contributed by atoms with Gasteiger partial charge >= 0.3 is 5.97 Å². The van der Waals surface area contributed by atoms with Crippen LogP contribution in [0.4, 0.5) is 0 Å². The van der Waals surface area contributed by atoms with Crippen LogP contribution in [0.25, 0.3) is 0 Å². The fourth-order valence-electron chi connectivity index (χ4n) is 2.89. The standard InChI is InChI=1S/C23H32NO5PS/c1-23(2,3)31(28)24-21(14-15-22(25)26)30(27,17-16-19-10-6-4-7-11-19)29-18-20-12-8-5-9-13-20/h4-13,21,24H,14-18H2,1-3H3,(H,25,26)/t21-,30+,31?/m1/s1. The average molecular weight is 466 g/mol. The third-order valence-electron chi connectivity index (χ3n) is 4.75. The van der Waals surface area contributed by atoms with Crippen LogP contribution >= 0.6 is 7.37 Å². The molecule has 0 spiro atoms. The molecule has 0 aliphatic heterocycles. The molecule has 2 aromatic rings. The Hall–Kier alpha value is -1.63. The SMILES string of the molecule is CC(C)(C)[S+]([O-])N[C@@H](CCC(=O)O)[P@](=O)(CCc1ccccc1)OCc1ccccc1. The summed E-state index contributed by atoms with van der Waals surface area (Å²) in [5.74, 6) is -1.82. The second-order valence-corrected chi connectivity index (χ2v) is 13.2. The first-order valence-electron chi connectivity index (χ1n) is 10.3. The zero-order valence-electron chi connectivity index (χ0n) is 18.3. The number of benzene rings is 2. The van der Waals surface area contributed by atoms with Crippen molar-refractivity contribution in [2.24, 2.45) is 0 Å². The minimum absolute atomic E-state index is 0.0675. The minimum atomic E-state index is -3.41. The molecule has 0 radical (unpaired) electrons. The van der Waals surface area contributed by atoms with E-state index in [1.54, 1.807) is 0 Å². The van der Waals surface area contributed by atoms with Crippen molar-refractivity contribution in [3.05, 3.63) is 71.8 Å². The Labute approximate surface area is 188 Å². The van der Waals surface area contributed by atoms with E-state index in [-0.39, 0.29) is 25.6 Å². The first kappa shape index (κ1) is 25.6. The van der Waals surface area contributed by atoms with Gasteiger partial charge in [0.25, 0.3) is 0 Å². The third-order valence-corrected chi connectivity index (χ3v) is 9.29. The van der Waals surface area contributed by atoms with Gasteiger partial charge in [-0.15, -0.1) is 4.72 Å². The molecule has 170 valence electrons. The van der Waals surface area contributed by atoms with Gasteiger partial charge in [-0.25, -0.2) is 0 Å². The molecule has 0 saturated heterocycles. The van der Waals surface area contributed by atoms with Gasteiger partial charge in [-0.3, -0.25) is 9.36 Å². The van der Waals surface area contributed by atoms with Crippen LogP contribution in [-0.2, 0) is 38.3 Å². The lowest BCUT2D eigenvalue weighted by Crippen LogP contribution is -2.45. The lowest BCUT2D eigenvalue weighted by molar-refractivity contribution is -0.137. The van der Waals surface area contributed by atoms with Gasteiger partial charge in [0, 0.05) is 23.9 Å². The van der Waals surface area contributed by atoms with Gasteiger partial charge in [0.15, 0.2) is 0 Å². The van der Waals surface area contributed by atoms with Crippen LogP contribution in [0.2, 0.25) is 0 Å². The van der Waals surface area contributed by atoms with Gasteiger partial charge in [0.1, 0.15) is 10.5 Å². The summed E-state index contributed by atoms with van der Waals surface area (Å²) in [5, 5.41) is 9.20. The molecule has 2 N–H and O–H groups in total. The van der Waals surface area contributed by atoms with Crippen molar-refractivity contribution in [1.82, 2.24) is 4.72 Å². The van der Waals surface area contributed by atoms with Crippen molar-refractivity contribution in [2.45, 2.75) is 57.2 Å². The highest BCUT2D eigenvalue weighted by Crippen LogP contribution is 2.54. The first-order valence-corrected chi connectivity index (χ1v) is 13.3. The van der Waals surface area contributed by atoms with Crippen molar-refractivity contribution in [3.63, 3.8) is 0 Å². The molecule has 6 nitrogen and oxygen atoms in total. The van der Waals surface area contributed by atoms with Gasteiger partial charge in [-0.1, -0.05) is 60.7 Å². The predicted molar refractivity (Wildman–Crippen MR) is 126 cm³/mol. The van der Waals surface area contributed by atoms with E-state index in [0.717, 1.165) is 11.1 Å². The van der Waals surface area contributed by atoms with E-state index >= 15 is 0 Å². The molecule has 3 atom stereocenters. The predicted octanol–water partition coefficient (Wildman–Crippen LogP) is 4.97. The molecule has 0 amide bonds. The fraction of sp³-hybridized carbons (Fsp3) is 0.435.